The lowest BCUT2D eigenvalue weighted by molar-refractivity contribution is 0.268. The van der Waals surface area contributed by atoms with Crippen LogP contribution in [0.25, 0.3) is 5.69 Å². The summed E-state index contributed by atoms with van der Waals surface area (Å²) in [6.07, 6.45) is 4.76. The van der Waals surface area contributed by atoms with Crippen molar-refractivity contribution in [1.82, 2.24) is 14.5 Å². The average molecular weight is 363 g/mol. The molecule has 0 aliphatic heterocycles. The second-order valence-electron chi connectivity index (χ2n) is 7.89. The van der Waals surface area contributed by atoms with E-state index in [0.717, 1.165) is 42.6 Å². The fraction of sp³-hybridized carbons (Fsp3) is 0.500. The molecule has 5 nitrogen and oxygen atoms in total. The first-order valence-corrected chi connectivity index (χ1v) is 10.1. The van der Waals surface area contributed by atoms with Crippen LogP contribution in [0.3, 0.4) is 0 Å². The molecule has 7 heteroatoms. The highest BCUT2D eigenvalue weighted by molar-refractivity contribution is 7.90. The first kappa shape index (κ1) is 16.7. The lowest BCUT2D eigenvalue weighted by Gasteiger charge is -2.35. The van der Waals surface area contributed by atoms with Gasteiger partial charge in [0.1, 0.15) is 5.82 Å². The summed E-state index contributed by atoms with van der Waals surface area (Å²) in [4.78, 5) is 0. The van der Waals surface area contributed by atoms with Crippen LogP contribution in [0, 0.1) is 11.2 Å². The Bertz CT molecular complexity index is 899. The third-order valence-corrected chi connectivity index (χ3v) is 6.98. The first-order valence-electron chi connectivity index (χ1n) is 8.59. The lowest BCUT2D eigenvalue weighted by atomic mass is 9.74. The highest BCUT2D eigenvalue weighted by Gasteiger charge is 2.41. The maximum Gasteiger partial charge on any atom is 0.215 e. The minimum Gasteiger partial charge on any atom is -0.237 e. The summed E-state index contributed by atoms with van der Waals surface area (Å²) < 4.78 is 42.7. The molecular weight excluding hydrogens is 341 g/mol. The van der Waals surface area contributed by atoms with Crippen LogP contribution in [0.1, 0.15) is 50.4 Å². The number of benzene rings is 1. The Balaban J connectivity index is 1.73. The SMILES string of the molecule is CC1(C)Cc2c(cnn2-c2ccc(F)cc2)[C@H](NS(=O)(=O)C2CC2)C1. The molecular formula is C18H22FN3O2S. The number of nitrogens with zero attached hydrogens (tertiary/aromatic N) is 2. The largest absolute Gasteiger partial charge is 0.237 e. The van der Waals surface area contributed by atoms with Crippen LogP contribution in [0.5, 0.6) is 0 Å². The van der Waals surface area contributed by atoms with Crippen molar-refractivity contribution in [3.63, 3.8) is 0 Å². The van der Waals surface area contributed by atoms with Crippen LogP contribution in [-0.4, -0.2) is 23.4 Å². The molecule has 0 unspecified atom stereocenters. The van der Waals surface area contributed by atoms with Gasteiger partial charge >= 0.3 is 0 Å². The average Bonchev–Trinajstić information content (AvgIpc) is 3.29. The summed E-state index contributed by atoms with van der Waals surface area (Å²) in [5.74, 6) is -0.292. The van der Waals surface area contributed by atoms with Gasteiger partial charge in [-0.25, -0.2) is 22.2 Å². The van der Waals surface area contributed by atoms with Gasteiger partial charge in [0.15, 0.2) is 0 Å². The summed E-state index contributed by atoms with van der Waals surface area (Å²) in [6.45, 7) is 4.27. The molecule has 25 heavy (non-hydrogen) atoms. The normalized spacial score (nSPS) is 22.6. The molecule has 1 atom stereocenters. The third kappa shape index (κ3) is 3.22. The second-order valence-corrected chi connectivity index (χ2v) is 9.89. The number of nitrogens with one attached hydrogen (secondary N) is 1. The van der Waals surface area contributed by atoms with Crippen molar-refractivity contribution in [2.75, 3.05) is 0 Å². The minimum absolute atomic E-state index is 0.0540. The maximum atomic E-state index is 13.2. The number of rotatable bonds is 4. The molecule has 0 spiro atoms. The Kier molecular flexibility index (Phi) is 3.77. The maximum absolute atomic E-state index is 13.2. The Hall–Kier alpha value is -1.73. The summed E-state index contributed by atoms with van der Waals surface area (Å²) >= 11 is 0. The van der Waals surface area contributed by atoms with E-state index in [-0.39, 0.29) is 22.5 Å². The van der Waals surface area contributed by atoms with E-state index in [2.05, 4.69) is 23.7 Å². The molecule has 2 aromatic rings. The standard InChI is InChI=1S/C18H22FN3O2S/c1-18(2)9-16(21-25(23,24)14-7-8-14)15-11-20-22(17(15)10-18)13-5-3-12(19)4-6-13/h3-6,11,14,16,21H,7-10H2,1-2H3/t16-/m1/s1. The zero-order chi connectivity index (χ0) is 17.8. The van der Waals surface area contributed by atoms with Crippen molar-refractivity contribution in [2.45, 2.75) is 50.8 Å². The molecule has 2 aliphatic rings. The Morgan fingerprint density at radius 3 is 2.56 bits per heavy atom. The van der Waals surface area contributed by atoms with Gasteiger partial charge in [0.25, 0.3) is 0 Å². The monoisotopic (exact) mass is 363 g/mol. The summed E-state index contributed by atoms with van der Waals surface area (Å²) in [7, 11) is -3.28. The van der Waals surface area contributed by atoms with E-state index in [9.17, 15) is 12.8 Å². The molecule has 1 fully saturated rings. The quantitative estimate of drug-likeness (QED) is 0.908. The van der Waals surface area contributed by atoms with Crippen LogP contribution >= 0.6 is 0 Å². The van der Waals surface area contributed by atoms with E-state index in [0.29, 0.717) is 0 Å². The van der Waals surface area contributed by atoms with Gasteiger partial charge in [-0.05, 0) is 55.4 Å². The van der Waals surface area contributed by atoms with Crippen molar-refractivity contribution >= 4 is 10.0 Å². The van der Waals surface area contributed by atoms with Crippen molar-refractivity contribution in [3.05, 3.63) is 47.5 Å². The van der Waals surface area contributed by atoms with Crippen LogP contribution in [0.2, 0.25) is 0 Å². The smallest absolute Gasteiger partial charge is 0.215 e. The van der Waals surface area contributed by atoms with Gasteiger partial charge in [0.2, 0.25) is 10.0 Å². The highest BCUT2D eigenvalue weighted by Crippen LogP contribution is 2.42. The molecule has 0 radical (unpaired) electrons. The van der Waals surface area contributed by atoms with E-state index < -0.39 is 10.0 Å². The van der Waals surface area contributed by atoms with Crippen LogP contribution in [0.4, 0.5) is 4.39 Å². The number of halogens is 1. The molecule has 0 amide bonds. The first-order chi connectivity index (χ1) is 11.8. The fourth-order valence-electron chi connectivity index (χ4n) is 3.63. The minimum atomic E-state index is -3.28. The van der Waals surface area contributed by atoms with Gasteiger partial charge in [0, 0.05) is 11.3 Å². The highest BCUT2D eigenvalue weighted by atomic mass is 32.2. The van der Waals surface area contributed by atoms with Gasteiger partial charge in [-0.3, -0.25) is 0 Å². The zero-order valence-electron chi connectivity index (χ0n) is 14.4. The topological polar surface area (TPSA) is 64.0 Å². The molecule has 1 saturated carbocycles. The molecule has 134 valence electrons. The van der Waals surface area contributed by atoms with Gasteiger partial charge in [0.05, 0.1) is 23.2 Å². The molecule has 1 aromatic carbocycles. The predicted molar refractivity (Wildman–Crippen MR) is 93.4 cm³/mol. The number of hydrogen-bond donors (Lipinski definition) is 1. The summed E-state index contributed by atoms with van der Waals surface area (Å²) in [5, 5.41) is 4.22. The van der Waals surface area contributed by atoms with Crippen LogP contribution in [0.15, 0.2) is 30.5 Å². The number of sulfonamides is 1. The van der Waals surface area contributed by atoms with Gasteiger partial charge in [-0.15, -0.1) is 0 Å². The van der Waals surface area contributed by atoms with Gasteiger partial charge in [-0.2, -0.15) is 5.10 Å². The molecule has 1 aromatic heterocycles. The molecule has 1 N–H and O–H groups in total. The van der Waals surface area contributed by atoms with Crippen molar-refractivity contribution in [3.8, 4) is 5.69 Å². The Morgan fingerprint density at radius 1 is 1.24 bits per heavy atom. The fourth-order valence-corrected chi connectivity index (χ4v) is 5.18. The Morgan fingerprint density at radius 2 is 1.92 bits per heavy atom. The Labute approximate surface area is 147 Å². The van der Waals surface area contributed by atoms with E-state index in [1.165, 1.54) is 12.1 Å². The lowest BCUT2D eigenvalue weighted by Crippen LogP contribution is -2.38. The number of fused-ring (bicyclic) bond motifs is 1. The van der Waals surface area contributed by atoms with E-state index in [1.807, 2.05) is 0 Å². The molecule has 0 saturated heterocycles. The predicted octanol–water partition coefficient (Wildman–Crippen LogP) is 3.11. The van der Waals surface area contributed by atoms with E-state index in [1.54, 1.807) is 23.0 Å². The number of aromatic nitrogens is 2. The molecule has 1 heterocycles. The van der Waals surface area contributed by atoms with Crippen LogP contribution < -0.4 is 4.72 Å². The van der Waals surface area contributed by atoms with Gasteiger partial charge < -0.3 is 0 Å². The summed E-state index contributed by atoms with van der Waals surface area (Å²) in [6, 6.07) is 5.93. The van der Waals surface area contributed by atoms with E-state index in [4.69, 9.17) is 0 Å². The summed E-state index contributed by atoms with van der Waals surface area (Å²) in [5.41, 5.74) is 2.64. The zero-order valence-corrected chi connectivity index (χ0v) is 15.2. The van der Waals surface area contributed by atoms with Crippen molar-refractivity contribution in [1.29, 1.82) is 0 Å². The van der Waals surface area contributed by atoms with E-state index >= 15 is 0 Å². The molecule has 2 aliphatic carbocycles. The van der Waals surface area contributed by atoms with Crippen LogP contribution in [-0.2, 0) is 16.4 Å². The third-order valence-electron chi connectivity index (χ3n) is 5.02. The molecule has 4 rings (SSSR count). The van der Waals surface area contributed by atoms with Gasteiger partial charge in [-0.1, -0.05) is 13.8 Å². The molecule has 0 bridgehead atoms. The number of hydrogen-bond acceptors (Lipinski definition) is 3. The van der Waals surface area contributed by atoms with Crippen molar-refractivity contribution < 1.29 is 12.8 Å². The van der Waals surface area contributed by atoms with Crippen molar-refractivity contribution in [2.24, 2.45) is 5.41 Å². The second kappa shape index (κ2) is 5.64.